The molecule has 2 aliphatic carbocycles. The van der Waals surface area contributed by atoms with Gasteiger partial charge < -0.3 is 0 Å². The van der Waals surface area contributed by atoms with E-state index in [0.29, 0.717) is 0 Å². The normalized spacial score (nSPS) is 37.2. The van der Waals surface area contributed by atoms with Crippen LogP contribution in [0.4, 0.5) is 0 Å². The van der Waals surface area contributed by atoms with Crippen LogP contribution in [0.5, 0.6) is 0 Å². The molecule has 0 saturated heterocycles. The summed E-state index contributed by atoms with van der Waals surface area (Å²) in [5.74, 6) is 2.75. The van der Waals surface area contributed by atoms with Gasteiger partial charge in [-0.15, -0.1) is 0 Å². The Morgan fingerprint density at radius 3 is 2.30 bits per heavy atom. The summed E-state index contributed by atoms with van der Waals surface area (Å²) in [7, 11) is 0. The summed E-state index contributed by atoms with van der Waals surface area (Å²) in [6.07, 6.45) is 2.92. The summed E-state index contributed by atoms with van der Waals surface area (Å²) < 4.78 is 0. The molecule has 0 spiro atoms. The zero-order chi connectivity index (χ0) is 7.30. The summed E-state index contributed by atoms with van der Waals surface area (Å²) in [5, 5.41) is 0. The third kappa shape index (κ3) is 0.680. The van der Waals surface area contributed by atoms with Crippen LogP contribution in [0.1, 0.15) is 33.6 Å². The van der Waals surface area contributed by atoms with Crippen molar-refractivity contribution < 1.29 is 0 Å². The van der Waals surface area contributed by atoms with E-state index in [2.05, 4.69) is 20.8 Å². The second-order valence-corrected chi connectivity index (χ2v) is 4.10. The molecule has 1 fully saturated rings. The molecule has 56 valence electrons. The van der Waals surface area contributed by atoms with Gasteiger partial charge in [0.15, 0.2) is 0 Å². The van der Waals surface area contributed by atoms with Gasteiger partial charge >= 0.3 is 0 Å². The lowest BCUT2D eigenvalue weighted by molar-refractivity contribution is 0.632. The Morgan fingerprint density at radius 1 is 1.30 bits per heavy atom. The molecule has 10 heavy (non-hydrogen) atoms. The topological polar surface area (TPSA) is 0 Å². The Bertz CT molecular complexity index is 180. The second kappa shape index (κ2) is 1.87. The Balaban J connectivity index is 2.15. The van der Waals surface area contributed by atoms with Crippen LogP contribution in [0.3, 0.4) is 0 Å². The predicted octanol–water partition coefficient (Wildman–Crippen LogP) is 3.00. The quantitative estimate of drug-likeness (QED) is 0.486. The lowest BCUT2D eigenvalue weighted by atomic mass is 10.0. The minimum absolute atomic E-state index is 0.836. The first kappa shape index (κ1) is 6.45. The van der Waals surface area contributed by atoms with Crippen LogP contribution in [-0.4, -0.2) is 0 Å². The highest BCUT2D eigenvalue weighted by atomic mass is 14.5. The van der Waals surface area contributed by atoms with Crippen molar-refractivity contribution in [3.63, 3.8) is 0 Å². The van der Waals surface area contributed by atoms with Crippen molar-refractivity contribution >= 4 is 0 Å². The number of fused-ring (bicyclic) bond motifs is 1. The summed E-state index contributed by atoms with van der Waals surface area (Å²) >= 11 is 0. The molecule has 0 radical (unpaired) electrons. The molecule has 2 unspecified atom stereocenters. The SMILES string of the molecule is CC(C)C1=C2C(C)CCC12. The van der Waals surface area contributed by atoms with Gasteiger partial charge in [0.2, 0.25) is 0 Å². The molecule has 1 saturated carbocycles. The third-order valence-corrected chi connectivity index (χ3v) is 3.04. The molecule has 0 amide bonds. The maximum Gasteiger partial charge on any atom is 0.00184 e. The van der Waals surface area contributed by atoms with Gasteiger partial charge in [-0.3, -0.25) is 0 Å². The molecule has 0 heteroatoms. The lowest BCUT2D eigenvalue weighted by Gasteiger charge is -2.02. The average molecular weight is 136 g/mol. The predicted molar refractivity (Wildman–Crippen MR) is 43.8 cm³/mol. The maximum atomic E-state index is 2.38. The van der Waals surface area contributed by atoms with E-state index >= 15 is 0 Å². The van der Waals surface area contributed by atoms with Crippen molar-refractivity contribution in [3.8, 4) is 0 Å². The molecule has 0 heterocycles. The first-order valence-corrected chi connectivity index (χ1v) is 4.45. The molecule has 0 bridgehead atoms. The molecule has 0 N–H and O–H groups in total. The van der Waals surface area contributed by atoms with Gasteiger partial charge in [-0.05, 0) is 24.7 Å². The molecule has 2 atom stereocenters. The fourth-order valence-electron chi connectivity index (χ4n) is 2.56. The van der Waals surface area contributed by atoms with Crippen LogP contribution in [-0.2, 0) is 0 Å². The van der Waals surface area contributed by atoms with Crippen molar-refractivity contribution in [1.82, 2.24) is 0 Å². The van der Waals surface area contributed by atoms with Crippen molar-refractivity contribution in [1.29, 1.82) is 0 Å². The molecule has 2 rings (SSSR count). The Hall–Kier alpha value is -0.260. The first-order valence-electron chi connectivity index (χ1n) is 4.45. The van der Waals surface area contributed by atoms with E-state index in [0.717, 1.165) is 17.8 Å². The van der Waals surface area contributed by atoms with Gasteiger partial charge in [0.25, 0.3) is 0 Å². The zero-order valence-electron chi connectivity index (χ0n) is 7.15. The van der Waals surface area contributed by atoms with Crippen LogP contribution in [0.15, 0.2) is 11.1 Å². The number of hydrogen-bond acceptors (Lipinski definition) is 0. The Morgan fingerprint density at radius 2 is 2.00 bits per heavy atom. The van der Waals surface area contributed by atoms with Gasteiger partial charge in [0.05, 0.1) is 0 Å². The van der Waals surface area contributed by atoms with E-state index in [1.807, 2.05) is 5.57 Å². The first-order chi connectivity index (χ1) is 4.72. The van der Waals surface area contributed by atoms with E-state index in [1.54, 1.807) is 5.57 Å². The Labute approximate surface area is 63.3 Å². The largest absolute Gasteiger partial charge is 0.0604 e. The van der Waals surface area contributed by atoms with Crippen LogP contribution in [0.2, 0.25) is 0 Å². The summed E-state index contributed by atoms with van der Waals surface area (Å²) in [5.41, 5.74) is 3.63. The summed E-state index contributed by atoms with van der Waals surface area (Å²) in [6, 6.07) is 0. The monoisotopic (exact) mass is 136 g/mol. The molecular formula is C10H16. The molecule has 0 aromatic heterocycles. The van der Waals surface area contributed by atoms with Crippen molar-refractivity contribution in [2.45, 2.75) is 33.6 Å². The van der Waals surface area contributed by atoms with Crippen molar-refractivity contribution in [2.24, 2.45) is 17.8 Å². The lowest BCUT2D eigenvalue weighted by Crippen LogP contribution is -1.90. The van der Waals surface area contributed by atoms with Crippen LogP contribution < -0.4 is 0 Å². The summed E-state index contributed by atoms with van der Waals surface area (Å²) in [6.45, 7) is 7.03. The summed E-state index contributed by atoms with van der Waals surface area (Å²) in [4.78, 5) is 0. The average Bonchev–Trinajstić information content (AvgIpc) is 2.48. The third-order valence-electron chi connectivity index (χ3n) is 3.04. The standard InChI is InChI=1S/C10H16/c1-6(2)9-8-5-4-7(3)10(8)9/h6-8H,4-5H2,1-3H3. The maximum absolute atomic E-state index is 2.38. The molecule has 0 nitrogen and oxygen atoms in total. The highest BCUT2D eigenvalue weighted by Crippen LogP contribution is 2.57. The van der Waals surface area contributed by atoms with E-state index in [9.17, 15) is 0 Å². The van der Waals surface area contributed by atoms with E-state index in [-0.39, 0.29) is 0 Å². The van der Waals surface area contributed by atoms with E-state index < -0.39 is 0 Å². The molecular weight excluding hydrogens is 120 g/mol. The minimum Gasteiger partial charge on any atom is -0.0604 e. The van der Waals surface area contributed by atoms with Crippen LogP contribution in [0, 0.1) is 17.8 Å². The highest BCUT2D eigenvalue weighted by Gasteiger charge is 2.44. The highest BCUT2D eigenvalue weighted by molar-refractivity contribution is 5.46. The number of hydrogen-bond donors (Lipinski definition) is 0. The van der Waals surface area contributed by atoms with Crippen molar-refractivity contribution in [2.75, 3.05) is 0 Å². The second-order valence-electron chi connectivity index (χ2n) is 4.10. The smallest absolute Gasteiger partial charge is 0.00184 e. The molecule has 0 aromatic rings. The molecule has 0 aromatic carbocycles. The molecule has 0 aliphatic heterocycles. The van der Waals surface area contributed by atoms with Gasteiger partial charge in [0, 0.05) is 5.92 Å². The Kier molecular flexibility index (Phi) is 1.21. The van der Waals surface area contributed by atoms with Gasteiger partial charge in [-0.2, -0.15) is 0 Å². The van der Waals surface area contributed by atoms with E-state index in [1.165, 1.54) is 12.8 Å². The number of allylic oxidation sites excluding steroid dienone is 2. The fraction of sp³-hybridized carbons (Fsp3) is 0.800. The fourth-order valence-corrected chi connectivity index (χ4v) is 2.56. The van der Waals surface area contributed by atoms with Crippen LogP contribution >= 0.6 is 0 Å². The minimum atomic E-state index is 0.836. The van der Waals surface area contributed by atoms with E-state index in [4.69, 9.17) is 0 Å². The van der Waals surface area contributed by atoms with Crippen molar-refractivity contribution in [3.05, 3.63) is 11.1 Å². The van der Waals surface area contributed by atoms with Gasteiger partial charge in [-0.1, -0.05) is 31.9 Å². The van der Waals surface area contributed by atoms with Crippen LogP contribution in [0.25, 0.3) is 0 Å². The molecule has 2 aliphatic rings. The number of rotatable bonds is 1. The van der Waals surface area contributed by atoms with Gasteiger partial charge in [0.1, 0.15) is 0 Å². The van der Waals surface area contributed by atoms with Gasteiger partial charge in [-0.25, -0.2) is 0 Å². The zero-order valence-corrected chi connectivity index (χ0v) is 7.15.